The Morgan fingerprint density at radius 1 is 1.33 bits per heavy atom. The Labute approximate surface area is 68.3 Å². The lowest BCUT2D eigenvalue weighted by atomic mass is 9.93. The smallest absolute Gasteiger partial charge is 0.364 e. The predicted molar refractivity (Wildman–Crippen MR) is 38.2 cm³/mol. The molecule has 0 heterocycles. The van der Waals surface area contributed by atoms with Crippen LogP contribution in [0.3, 0.4) is 0 Å². The number of carbonyl (C=O) groups is 2. The van der Waals surface area contributed by atoms with Gasteiger partial charge in [-0.3, -0.25) is 4.79 Å². The van der Waals surface area contributed by atoms with Crippen molar-refractivity contribution in [2.24, 2.45) is 5.41 Å². The number of carboxylic acid groups (broad SMARTS) is 2. The average molecular weight is 176 g/mol. The molecule has 0 saturated heterocycles. The molecule has 4 nitrogen and oxygen atoms in total. The zero-order chi connectivity index (χ0) is 9.94. The molecule has 0 saturated carbocycles. The highest BCUT2D eigenvalue weighted by Gasteiger charge is 2.26. The second-order valence-electron chi connectivity index (χ2n) is 2.82. The first-order valence-electron chi connectivity index (χ1n) is 3.12. The molecule has 0 fully saturated rings. The van der Waals surface area contributed by atoms with E-state index >= 15 is 0 Å². The van der Waals surface area contributed by atoms with Crippen LogP contribution in [-0.4, -0.2) is 22.2 Å². The largest absolute Gasteiger partial charge is 0.481 e. The second-order valence-corrected chi connectivity index (χ2v) is 2.82. The first kappa shape index (κ1) is 10.6. The molecule has 0 radical (unpaired) electrons. The van der Waals surface area contributed by atoms with E-state index in [1.165, 1.54) is 13.8 Å². The van der Waals surface area contributed by atoms with Crippen LogP contribution < -0.4 is 0 Å². The first-order valence-corrected chi connectivity index (χ1v) is 3.12. The van der Waals surface area contributed by atoms with Gasteiger partial charge in [-0.2, -0.15) is 4.39 Å². The monoisotopic (exact) mass is 176 g/mol. The molecule has 0 amide bonds. The zero-order valence-corrected chi connectivity index (χ0v) is 6.67. The quantitative estimate of drug-likeness (QED) is 0.630. The fourth-order valence-electron chi connectivity index (χ4n) is 0.440. The van der Waals surface area contributed by atoms with Crippen molar-refractivity contribution in [2.75, 3.05) is 0 Å². The number of hydrogen-bond acceptors (Lipinski definition) is 2. The van der Waals surface area contributed by atoms with Crippen LogP contribution in [0.5, 0.6) is 0 Å². The summed E-state index contributed by atoms with van der Waals surface area (Å²) in [7, 11) is 0. The maximum Gasteiger partial charge on any atom is 0.364 e. The van der Waals surface area contributed by atoms with E-state index in [2.05, 4.69) is 0 Å². The number of hydrogen-bond donors (Lipinski definition) is 2. The van der Waals surface area contributed by atoms with Gasteiger partial charge in [0.15, 0.2) is 0 Å². The zero-order valence-electron chi connectivity index (χ0n) is 6.67. The highest BCUT2D eigenvalue weighted by Crippen LogP contribution is 2.19. The SMILES string of the molecule is CC(C)(C=C(F)C(=O)O)C(=O)O. The molecular weight excluding hydrogens is 167 g/mol. The summed E-state index contributed by atoms with van der Waals surface area (Å²) in [5.74, 6) is -4.49. The maximum absolute atomic E-state index is 12.4. The van der Waals surface area contributed by atoms with Crippen LogP contribution >= 0.6 is 0 Å². The summed E-state index contributed by atoms with van der Waals surface area (Å²) in [6.07, 6.45) is 0.553. The minimum Gasteiger partial charge on any atom is -0.481 e. The van der Waals surface area contributed by atoms with Gasteiger partial charge in [0, 0.05) is 0 Å². The van der Waals surface area contributed by atoms with Crippen molar-refractivity contribution >= 4 is 11.9 Å². The molecule has 0 aliphatic rings. The van der Waals surface area contributed by atoms with E-state index in [0.29, 0.717) is 6.08 Å². The van der Waals surface area contributed by atoms with Gasteiger partial charge in [-0.1, -0.05) is 0 Å². The fraction of sp³-hybridized carbons (Fsp3) is 0.429. The lowest BCUT2D eigenvalue weighted by Gasteiger charge is -2.12. The molecule has 5 heteroatoms. The minimum atomic E-state index is -1.76. The molecule has 0 aromatic heterocycles. The number of rotatable bonds is 3. The number of carboxylic acids is 2. The van der Waals surface area contributed by atoms with Gasteiger partial charge in [0.1, 0.15) is 0 Å². The summed E-state index contributed by atoms with van der Waals surface area (Å²) in [6, 6.07) is 0. The molecule has 0 spiro atoms. The predicted octanol–water partition coefficient (Wildman–Crippen LogP) is 1.04. The van der Waals surface area contributed by atoms with Crippen molar-refractivity contribution in [1.82, 2.24) is 0 Å². The van der Waals surface area contributed by atoms with Crippen LogP contribution in [0.1, 0.15) is 13.8 Å². The van der Waals surface area contributed by atoms with Crippen molar-refractivity contribution in [3.8, 4) is 0 Å². The summed E-state index contributed by atoms with van der Waals surface area (Å²) in [5.41, 5.74) is -1.50. The number of aliphatic carboxylic acids is 2. The van der Waals surface area contributed by atoms with Crippen molar-refractivity contribution < 1.29 is 24.2 Å². The van der Waals surface area contributed by atoms with Crippen LogP contribution in [0, 0.1) is 5.41 Å². The second kappa shape index (κ2) is 3.34. The van der Waals surface area contributed by atoms with Gasteiger partial charge in [-0.15, -0.1) is 0 Å². The molecule has 0 aliphatic heterocycles. The Morgan fingerprint density at radius 3 is 2.00 bits per heavy atom. The van der Waals surface area contributed by atoms with E-state index in [-0.39, 0.29) is 0 Å². The minimum absolute atomic E-state index is 0.553. The summed E-state index contributed by atoms with van der Waals surface area (Å²) >= 11 is 0. The molecular formula is C7H9FO4. The normalized spacial score (nSPS) is 12.8. The summed E-state index contributed by atoms with van der Waals surface area (Å²) in [6.45, 7) is 2.41. The third-order valence-electron chi connectivity index (χ3n) is 1.24. The van der Waals surface area contributed by atoms with Crippen LogP contribution in [-0.2, 0) is 9.59 Å². The van der Waals surface area contributed by atoms with Crippen LogP contribution in [0.15, 0.2) is 11.9 Å². The van der Waals surface area contributed by atoms with E-state index in [9.17, 15) is 14.0 Å². The van der Waals surface area contributed by atoms with Gasteiger partial charge < -0.3 is 10.2 Å². The molecule has 0 aromatic rings. The Bertz CT molecular complexity index is 242. The molecule has 0 atom stereocenters. The van der Waals surface area contributed by atoms with Gasteiger partial charge >= 0.3 is 11.9 Å². The molecule has 0 unspecified atom stereocenters. The average Bonchev–Trinajstić information content (AvgIpc) is 1.85. The highest BCUT2D eigenvalue weighted by molar-refractivity contribution is 5.86. The molecule has 0 aromatic carbocycles. The topological polar surface area (TPSA) is 74.6 Å². The maximum atomic E-state index is 12.4. The van der Waals surface area contributed by atoms with Crippen LogP contribution in [0.2, 0.25) is 0 Å². The van der Waals surface area contributed by atoms with Crippen molar-refractivity contribution in [2.45, 2.75) is 13.8 Å². The standard InChI is InChI=1S/C7H9FO4/c1-7(2,6(11)12)3-4(8)5(9)10/h3H,1-2H3,(H,9,10)(H,11,12). The number of halogens is 1. The lowest BCUT2D eigenvalue weighted by molar-refractivity contribution is -0.144. The van der Waals surface area contributed by atoms with Crippen molar-refractivity contribution in [3.63, 3.8) is 0 Å². The van der Waals surface area contributed by atoms with Gasteiger partial charge in [0.2, 0.25) is 5.83 Å². The van der Waals surface area contributed by atoms with E-state index in [4.69, 9.17) is 10.2 Å². The summed E-state index contributed by atoms with van der Waals surface area (Å²) < 4.78 is 12.4. The summed E-state index contributed by atoms with van der Waals surface area (Å²) in [4.78, 5) is 20.3. The Kier molecular flexibility index (Phi) is 2.95. The molecule has 12 heavy (non-hydrogen) atoms. The molecule has 0 rings (SSSR count). The van der Waals surface area contributed by atoms with Gasteiger partial charge in [0.05, 0.1) is 5.41 Å². The lowest BCUT2D eigenvalue weighted by Crippen LogP contribution is -2.21. The Morgan fingerprint density at radius 2 is 1.75 bits per heavy atom. The van der Waals surface area contributed by atoms with Crippen LogP contribution in [0.25, 0.3) is 0 Å². The van der Waals surface area contributed by atoms with Crippen molar-refractivity contribution in [3.05, 3.63) is 11.9 Å². The Hall–Kier alpha value is -1.39. The molecule has 0 aliphatic carbocycles. The van der Waals surface area contributed by atoms with E-state index in [0.717, 1.165) is 0 Å². The fourth-order valence-corrected chi connectivity index (χ4v) is 0.440. The van der Waals surface area contributed by atoms with Crippen molar-refractivity contribution in [1.29, 1.82) is 0 Å². The molecule has 0 bridgehead atoms. The Balaban J connectivity index is 4.73. The van der Waals surface area contributed by atoms with E-state index < -0.39 is 23.2 Å². The molecule has 68 valence electrons. The van der Waals surface area contributed by atoms with E-state index in [1.807, 2.05) is 0 Å². The third-order valence-corrected chi connectivity index (χ3v) is 1.24. The summed E-state index contributed by atoms with van der Waals surface area (Å²) in [5, 5.41) is 16.6. The molecule has 2 N–H and O–H groups in total. The van der Waals surface area contributed by atoms with Gasteiger partial charge in [-0.05, 0) is 19.9 Å². The van der Waals surface area contributed by atoms with Crippen LogP contribution in [0.4, 0.5) is 4.39 Å². The third kappa shape index (κ3) is 2.69. The van der Waals surface area contributed by atoms with Gasteiger partial charge in [-0.25, -0.2) is 4.79 Å². The van der Waals surface area contributed by atoms with Gasteiger partial charge in [0.25, 0.3) is 0 Å². The van der Waals surface area contributed by atoms with E-state index in [1.54, 1.807) is 0 Å². The first-order chi connectivity index (χ1) is 5.27. The highest BCUT2D eigenvalue weighted by atomic mass is 19.1.